The smallest absolute Gasteiger partial charge is 0.382 e. The van der Waals surface area contributed by atoms with Gasteiger partial charge in [0.25, 0.3) is 0 Å². The summed E-state index contributed by atoms with van der Waals surface area (Å²) in [4.78, 5) is 0. The molecule has 0 aliphatic rings. The molecule has 0 saturated carbocycles. The van der Waals surface area contributed by atoms with Gasteiger partial charge in [0.2, 0.25) is 0 Å². The van der Waals surface area contributed by atoms with Gasteiger partial charge in [-0.15, -0.1) is 0 Å². The number of rotatable bonds is 5. The molecule has 0 radical (unpaired) electrons. The van der Waals surface area contributed by atoms with Gasteiger partial charge in [-0.1, -0.05) is 13.0 Å². The predicted octanol–water partition coefficient (Wildman–Crippen LogP) is 3.54. The van der Waals surface area contributed by atoms with Crippen molar-refractivity contribution in [2.75, 3.05) is 19.0 Å². The van der Waals surface area contributed by atoms with Gasteiger partial charge < -0.3 is 10.1 Å². The van der Waals surface area contributed by atoms with E-state index in [1.54, 1.807) is 13.2 Å². The third kappa shape index (κ3) is 4.26. The highest BCUT2D eigenvalue weighted by Crippen LogP contribution is 2.30. The fraction of sp³-hybridized carbons (Fsp3) is 0.500. The van der Waals surface area contributed by atoms with Crippen molar-refractivity contribution in [2.24, 2.45) is 0 Å². The normalized spacial score (nSPS) is 13.5. The van der Waals surface area contributed by atoms with Gasteiger partial charge in [0.1, 0.15) is 0 Å². The van der Waals surface area contributed by atoms with E-state index in [4.69, 9.17) is 4.74 Å². The zero-order valence-corrected chi connectivity index (χ0v) is 9.84. The summed E-state index contributed by atoms with van der Waals surface area (Å²) >= 11 is 0. The van der Waals surface area contributed by atoms with Crippen LogP contribution >= 0.6 is 0 Å². The van der Waals surface area contributed by atoms with E-state index in [9.17, 15) is 13.2 Å². The second-order valence-electron chi connectivity index (χ2n) is 3.73. The molecule has 0 aliphatic heterocycles. The molecule has 1 atom stereocenters. The molecule has 0 heterocycles. The van der Waals surface area contributed by atoms with Crippen molar-refractivity contribution in [1.29, 1.82) is 0 Å². The third-order valence-electron chi connectivity index (χ3n) is 2.51. The van der Waals surface area contributed by atoms with E-state index in [0.29, 0.717) is 12.2 Å². The average Bonchev–Trinajstić information content (AvgIpc) is 2.30. The van der Waals surface area contributed by atoms with Crippen LogP contribution in [0.15, 0.2) is 24.3 Å². The van der Waals surface area contributed by atoms with Crippen molar-refractivity contribution in [3.05, 3.63) is 29.8 Å². The van der Waals surface area contributed by atoms with Crippen LogP contribution in [-0.4, -0.2) is 19.8 Å². The van der Waals surface area contributed by atoms with Crippen LogP contribution < -0.4 is 5.32 Å². The van der Waals surface area contributed by atoms with Crippen LogP contribution in [0.2, 0.25) is 0 Å². The van der Waals surface area contributed by atoms with Crippen LogP contribution in [0.4, 0.5) is 18.9 Å². The number of alkyl halides is 3. The minimum Gasteiger partial charge on any atom is -0.382 e. The van der Waals surface area contributed by atoms with Gasteiger partial charge in [0.15, 0.2) is 0 Å². The maximum Gasteiger partial charge on any atom is 0.416 e. The molecule has 5 heteroatoms. The van der Waals surface area contributed by atoms with Crippen molar-refractivity contribution in [3.8, 4) is 0 Å². The third-order valence-corrected chi connectivity index (χ3v) is 2.51. The quantitative estimate of drug-likeness (QED) is 0.859. The molecule has 1 aromatic carbocycles. The van der Waals surface area contributed by atoms with E-state index in [1.165, 1.54) is 6.07 Å². The lowest BCUT2D eigenvalue weighted by Gasteiger charge is -2.15. The summed E-state index contributed by atoms with van der Waals surface area (Å²) in [6.45, 7) is 2.45. The molecular weight excluding hydrogens is 231 g/mol. The molecule has 96 valence electrons. The summed E-state index contributed by atoms with van der Waals surface area (Å²) in [6.07, 6.45) is -3.49. The van der Waals surface area contributed by atoms with E-state index < -0.39 is 11.7 Å². The van der Waals surface area contributed by atoms with Gasteiger partial charge in [-0.25, -0.2) is 0 Å². The first-order chi connectivity index (χ1) is 7.97. The molecule has 0 aliphatic carbocycles. The van der Waals surface area contributed by atoms with E-state index in [-0.39, 0.29) is 6.10 Å². The van der Waals surface area contributed by atoms with Gasteiger partial charge in [-0.2, -0.15) is 13.2 Å². The summed E-state index contributed by atoms with van der Waals surface area (Å²) in [7, 11) is 1.59. The minimum absolute atomic E-state index is 0.00421. The Kier molecular flexibility index (Phi) is 4.81. The molecule has 0 bridgehead atoms. The molecule has 0 amide bonds. The molecule has 1 rings (SSSR count). The van der Waals surface area contributed by atoms with E-state index in [1.807, 2.05) is 6.92 Å². The maximum absolute atomic E-state index is 12.4. The number of halogens is 3. The largest absolute Gasteiger partial charge is 0.416 e. The molecule has 0 aromatic heterocycles. The molecule has 0 saturated heterocycles. The fourth-order valence-corrected chi connectivity index (χ4v) is 1.43. The standard InChI is InChI=1S/C12H16F3NO/c1-3-11(17-2)8-16-10-6-4-5-9(7-10)12(13,14)15/h4-7,11,16H,3,8H2,1-2H3. The second kappa shape index (κ2) is 5.91. The monoisotopic (exact) mass is 247 g/mol. The van der Waals surface area contributed by atoms with Crippen molar-refractivity contribution in [3.63, 3.8) is 0 Å². The number of nitrogens with one attached hydrogen (secondary N) is 1. The fourth-order valence-electron chi connectivity index (χ4n) is 1.43. The van der Waals surface area contributed by atoms with Crippen LogP contribution in [0.3, 0.4) is 0 Å². The van der Waals surface area contributed by atoms with Crippen LogP contribution in [0.25, 0.3) is 0 Å². The second-order valence-corrected chi connectivity index (χ2v) is 3.73. The Balaban J connectivity index is 2.66. The Morgan fingerprint density at radius 2 is 2.06 bits per heavy atom. The maximum atomic E-state index is 12.4. The highest BCUT2D eigenvalue weighted by molar-refractivity contribution is 5.46. The van der Waals surface area contributed by atoms with E-state index in [0.717, 1.165) is 18.6 Å². The molecule has 0 spiro atoms. The van der Waals surface area contributed by atoms with E-state index >= 15 is 0 Å². The lowest BCUT2D eigenvalue weighted by molar-refractivity contribution is -0.137. The van der Waals surface area contributed by atoms with Crippen molar-refractivity contribution in [2.45, 2.75) is 25.6 Å². The first kappa shape index (κ1) is 13.8. The lowest BCUT2D eigenvalue weighted by atomic mass is 10.2. The molecule has 1 N–H and O–H groups in total. The molecule has 0 fully saturated rings. The Bertz CT molecular complexity index is 348. The Labute approximate surface area is 98.8 Å². The SMILES string of the molecule is CCC(CNc1cccc(C(F)(F)F)c1)OC. The van der Waals surface area contributed by atoms with Gasteiger partial charge in [-0.3, -0.25) is 0 Å². The Hall–Kier alpha value is -1.23. The van der Waals surface area contributed by atoms with Crippen LogP contribution in [0.5, 0.6) is 0 Å². The Morgan fingerprint density at radius 3 is 2.59 bits per heavy atom. The van der Waals surface area contributed by atoms with Crippen molar-refractivity contribution < 1.29 is 17.9 Å². The van der Waals surface area contributed by atoms with Crippen LogP contribution in [0.1, 0.15) is 18.9 Å². The Morgan fingerprint density at radius 1 is 1.35 bits per heavy atom. The molecule has 1 unspecified atom stereocenters. The number of hydrogen-bond donors (Lipinski definition) is 1. The number of methoxy groups -OCH3 is 1. The van der Waals surface area contributed by atoms with Gasteiger partial charge >= 0.3 is 6.18 Å². The average molecular weight is 247 g/mol. The van der Waals surface area contributed by atoms with Crippen LogP contribution in [0, 0.1) is 0 Å². The minimum atomic E-state index is -4.30. The predicted molar refractivity (Wildman–Crippen MR) is 61.0 cm³/mol. The number of benzene rings is 1. The first-order valence-corrected chi connectivity index (χ1v) is 5.41. The summed E-state index contributed by atoms with van der Waals surface area (Å²) in [5, 5.41) is 2.93. The van der Waals surface area contributed by atoms with Crippen LogP contribution in [-0.2, 0) is 10.9 Å². The van der Waals surface area contributed by atoms with Crippen molar-refractivity contribution >= 4 is 5.69 Å². The first-order valence-electron chi connectivity index (χ1n) is 5.41. The van der Waals surface area contributed by atoms with Crippen molar-refractivity contribution in [1.82, 2.24) is 0 Å². The highest BCUT2D eigenvalue weighted by atomic mass is 19.4. The number of ether oxygens (including phenoxy) is 1. The highest BCUT2D eigenvalue weighted by Gasteiger charge is 2.30. The number of anilines is 1. The summed E-state index contributed by atoms with van der Waals surface area (Å²) in [6, 6.07) is 5.15. The van der Waals surface area contributed by atoms with Gasteiger partial charge in [0, 0.05) is 19.3 Å². The summed E-state index contributed by atoms with van der Waals surface area (Å²) in [5.41, 5.74) is -0.191. The van der Waals surface area contributed by atoms with Gasteiger partial charge in [0.05, 0.1) is 11.7 Å². The lowest BCUT2D eigenvalue weighted by Crippen LogP contribution is -2.21. The molecular formula is C12H16F3NO. The number of hydrogen-bond acceptors (Lipinski definition) is 2. The topological polar surface area (TPSA) is 21.3 Å². The van der Waals surface area contributed by atoms with E-state index in [2.05, 4.69) is 5.32 Å². The van der Waals surface area contributed by atoms with Gasteiger partial charge in [-0.05, 0) is 24.6 Å². The molecule has 17 heavy (non-hydrogen) atoms. The molecule has 2 nitrogen and oxygen atoms in total. The zero-order chi connectivity index (χ0) is 12.9. The summed E-state index contributed by atoms with van der Waals surface area (Å²) in [5.74, 6) is 0. The molecule has 1 aromatic rings. The summed E-state index contributed by atoms with van der Waals surface area (Å²) < 4.78 is 42.5. The zero-order valence-electron chi connectivity index (χ0n) is 9.84.